The largest absolute Gasteiger partial charge is 0.466 e. The molecule has 1 fully saturated rings. The predicted molar refractivity (Wildman–Crippen MR) is 143 cm³/mol. The lowest BCUT2D eigenvalue weighted by molar-refractivity contribution is -0.163. The number of nitrogens with zero attached hydrogens (tertiary/aromatic N) is 1. The van der Waals surface area contributed by atoms with Crippen LogP contribution < -0.4 is 4.90 Å². The number of hydrogen-bond acceptors (Lipinski definition) is 7. The van der Waals surface area contributed by atoms with Gasteiger partial charge in [-0.15, -0.1) is 0 Å². The first-order valence-corrected chi connectivity index (χ1v) is 13.0. The Kier molecular flexibility index (Phi) is 8.46. The van der Waals surface area contributed by atoms with E-state index in [-0.39, 0.29) is 19.8 Å². The van der Waals surface area contributed by atoms with Gasteiger partial charge in [-0.05, 0) is 44.0 Å². The van der Waals surface area contributed by atoms with Crippen LogP contribution in [0.15, 0.2) is 91.0 Å². The van der Waals surface area contributed by atoms with Gasteiger partial charge in [-0.25, -0.2) is 4.79 Å². The summed E-state index contributed by atoms with van der Waals surface area (Å²) in [7, 11) is 0. The molecule has 4 rings (SSSR count). The van der Waals surface area contributed by atoms with Crippen molar-refractivity contribution in [2.45, 2.75) is 32.4 Å². The zero-order valence-corrected chi connectivity index (χ0v) is 21.9. The molecule has 1 heterocycles. The third kappa shape index (κ3) is 4.64. The Labute approximate surface area is 223 Å². The molecule has 7 heteroatoms. The van der Waals surface area contributed by atoms with E-state index in [9.17, 15) is 14.4 Å². The second kappa shape index (κ2) is 11.9. The molecule has 3 atom stereocenters. The summed E-state index contributed by atoms with van der Waals surface area (Å²) in [6.07, 6.45) is 0. The van der Waals surface area contributed by atoms with E-state index in [1.807, 2.05) is 95.9 Å². The van der Waals surface area contributed by atoms with Gasteiger partial charge in [0.15, 0.2) is 0 Å². The van der Waals surface area contributed by atoms with Crippen molar-refractivity contribution in [1.29, 1.82) is 0 Å². The number of esters is 3. The Morgan fingerprint density at radius 3 is 1.53 bits per heavy atom. The van der Waals surface area contributed by atoms with E-state index in [0.29, 0.717) is 5.69 Å². The van der Waals surface area contributed by atoms with Crippen LogP contribution in [-0.2, 0) is 34.1 Å². The lowest BCUT2D eigenvalue weighted by Gasteiger charge is -2.45. The lowest BCUT2D eigenvalue weighted by atomic mass is 9.70. The third-order valence-electron chi connectivity index (χ3n) is 6.90. The van der Waals surface area contributed by atoms with Crippen molar-refractivity contribution >= 4 is 23.6 Å². The quantitative estimate of drug-likeness (QED) is 0.301. The van der Waals surface area contributed by atoms with Gasteiger partial charge < -0.3 is 19.1 Å². The molecule has 1 saturated heterocycles. The Hall–Kier alpha value is -4.13. The van der Waals surface area contributed by atoms with Crippen LogP contribution in [-0.4, -0.2) is 43.8 Å². The Bertz CT molecular complexity index is 1190. The molecule has 0 saturated carbocycles. The molecule has 198 valence electrons. The average Bonchev–Trinajstić information content (AvgIpc) is 3.28. The molecule has 0 spiro atoms. The number of para-hydroxylation sites is 1. The van der Waals surface area contributed by atoms with Crippen molar-refractivity contribution in [3.8, 4) is 0 Å². The van der Waals surface area contributed by atoms with Crippen LogP contribution in [0, 0.1) is 11.8 Å². The highest BCUT2D eigenvalue weighted by Gasteiger charge is 2.68. The molecular weight excluding hydrogens is 482 g/mol. The summed E-state index contributed by atoms with van der Waals surface area (Å²) < 4.78 is 16.7. The monoisotopic (exact) mass is 515 g/mol. The summed E-state index contributed by atoms with van der Waals surface area (Å²) in [6.45, 7) is 5.44. The van der Waals surface area contributed by atoms with Gasteiger partial charge in [0.2, 0.25) is 0 Å². The predicted octanol–water partition coefficient (Wildman–Crippen LogP) is 4.74. The SMILES string of the molecule is CCOC(=O)[C@@H]1[C@H](C(=O)OCC)N(c2ccccc2)C(c2ccccc2)(c2ccccc2)[C@H]1C(=O)OCC. The first-order chi connectivity index (χ1) is 18.5. The normalized spacial score (nSPS) is 20.0. The fraction of sp³-hybridized carbons (Fsp3) is 0.323. The average molecular weight is 516 g/mol. The smallest absolute Gasteiger partial charge is 0.329 e. The Morgan fingerprint density at radius 1 is 0.632 bits per heavy atom. The summed E-state index contributed by atoms with van der Waals surface area (Å²) in [4.78, 5) is 43.4. The van der Waals surface area contributed by atoms with Gasteiger partial charge >= 0.3 is 17.9 Å². The maximum absolute atomic E-state index is 14.0. The van der Waals surface area contributed by atoms with Crippen molar-refractivity contribution in [2.24, 2.45) is 11.8 Å². The maximum Gasteiger partial charge on any atom is 0.329 e. The minimum atomic E-state index is -1.30. The van der Waals surface area contributed by atoms with Crippen molar-refractivity contribution in [3.05, 3.63) is 102 Å². The number of carbonyl (C=O) groups is 3. The maximum atomic E-state index is 14.0. The molecule has 0 amide bonds. The van der Waals surface area contributed by atoms with Crippen LogP contribution in [0.4, 0.5) is 5.69 Å². The van der Waals surface area contributed by atoms with E-state index in [1.165, 1.54) is 0 Å². The number of carbonyl (C=O) groups excluding carboxylic acids is 3. The summed E-state index contributed by atoms with van der Waals surface area (Å²) in [5, 5.41) is 0. The second-order valence-corrected chi connectivity index (χ2v) is 8.91. The molecule has 0 N–H and O–H groups in total. The Morgan fingerprint density at radius 2 is 1.05 bits per heavy atom. The van der Waals surface area contributed by atoms with E-state index in [4.69, 9.17) is 14.2 Å². The van der Waals surface area contributed by atoms with Crippen molar-refractivity contribution in [2.75, 3.05) is 24.7 Å². The first-order valence-electron chi connectivity index (χ1n) is 13.0. The highest BCUT2D eigenvalue weighted by molar-refractivity contribution is 5.96. The molecule has 0 bridgehead atoms. The highest BCUT2D eigenvalue weighted by Crippen LogP contribution is 2.56. The standard InChI is InChI=1S/C31H33NO6/c1-4-36-28(33)25-26(29(34)37-5-2)31(22-16-10-7-11-17-22,23-18-12-8-13-19-23)32(24-20-14-9-15-21-24)27(25)30(35)38-6-3/h7-21,25-27H,4-6H2,1-3H3/t25-,26+,27+/m0/s1. The molecule has 0 unspecified atom stereocenters. The van der Waals surface area contributed by atoms with Crippen LogP contribution >= 0.6 is 0 Å². The van der Waals surface area contributed by atoms with E-state index in [1.54, 1.807) is 20.8 Å². The molecule has 3 aromatic rings. The third-order valence-corrected chi connectivity index (χ3v) is 6.90. The Balaban J connectivity index is 2.17. The number of hydrogen-bond donors (Lipinski definition) is 0. The van der Waals surface area contributed by atoms with Crippen LogP contribution in [0.1, 0.15) is 31.9 Å². The van der Waals surface area contributed by atoms with E-state index < -0.39 is 41.3 Å². The van der Waals surface area contributed by atoms with Crippen LogP contribution in [0.2, 0.25) is 0 Å². The molecule has 1 aliphatic heterocycles. The van der Waals surface area contributed by atoms with Crippen molar-refractivity contribution in [3.63, 3.8) is 0 Å². The molecule has 0 radical (unpaired) electrons. The second-order valence-electron chi connectivity index (χ2n) is 8.91. The zero-order valence-electron chi connectivity index (χ0n) is 21.9. The number of ether oxygens (including phenoxy) is 3. The van der Waals surface area contributed by atoms with Crippen LogP contribution in [0.3, 0.4) is 0 Å². The molecular formula is C31H33NO6. The molecule has 3 aromatic carbocycles. The van der Waals surface area contributed by atoms with Gasteiger partial charge in [-0.1, -0.05) is 78.9 Å². The van der Waals surface area contributed by atoms with Gasteiger partial charge in [-0.3, -0.25) is 9.59 Å². The zero-order chi connectivity index (χ0) is 27.1. The summed E-state index contributed by atoms with van der Waals surface area (Å²) >= 11 is 0. The van der Waals surface area contributed by atoms with Gasteiger partial charge in [0, 0.05) is 5.69 Å². The first kappa shape index (κ1) is 26.9. The lowest BCUT2D eigenvalue weighted by Crippen LogP contribution is -2.52. The van der Waals surface area contributed by atoms with Gasteiger partial charge in [0.05, 0.1) is 19.8 Å². The molecule has 7 nitrogen and oxygen atoms in total. The molecule has 0 aliphatic carbocycles. The molecule has 38 heavy (non-hydrogen) atoms. The minimum absolute atomic E-state index is 0.0927. The summed E-state index contributed by atoms with van der Waals surface area (Å²) in [6, 6.07) is 27.1. The van der Waals surface area contributed by atoms with E-state index >= 15 is 0 Å². The van der Waals surface area contributed by atoms with Gasteiger partial charge in [-0.2, -0.15) is 0 Å². The molecule has 0 aromatic heterocycles. The summed E-state index contributed by atoms with van der Waals surface area (Å²) in [5.74, 6) is -4.18. The van der Waals surface area contributed by atoms with Crippen molar-refractivity contribution in [1.82, 2.24) is 0 Å². The highest BCUT2D eigenvalue weighted by atomic mass is 16.5. The topological polar surface area (TPSA) is 82.1 Å². The van der Waals surface area contributed by atoms with Gasteiger partial charge in [0.1, 0.15) is 23.4 Å². The van der Waals surface area contributed by atoms with Crippen LogP contribution in [0.25, 0.3) is 0 Å². The fourth-order valence-electron chi connectivity index (χ4n) is 5.65. The fourth-order valence-corrected chi connectivity index (χ4v) is 5.65. The summed E-state index contributed by atoms with van der Waals surface area (Å²) in [5.41, 5.74) is 0.813. The van der Waals surface area contributed by atoms with Crippen molar-refractivity contribution < 1.29 is 28.6 Å². The number of anilines is 1. The van der Waals surface area contributed by atoms with E-state index in [2.05, 4.69) is 0 Å². The van der Waals surface area contributed by atoms with E-state index in [0.717, 1.165) is 11.1 Å². The van der Waals surface area contributed by atoms with Crippen LogP contribution in [0.5, 0.6) is 0 Å². The minimum Gasteiger partial charge on any atom is -0.466 e. The number of rotatable bonds is 9. The molecule has 1 aliphatic rings. The van der Waals surface area contributed by atoms with Gasteiger partial charge in [0.25, 0.3) is 0 Å². The number of benzene rings is 3.